The minimum atomic E-state index is -0.244. The highest BCUT2D eigenvalue weighted by Gasteiger charge is 2.12. The van der Waals surface area contributed by atoms with Gasteiger partial charge < -0.3 is 10.7 Å². The lowest BCUT2D eigenvalue weighted by molar-refractivity contribution is 0.801. The van der Waals surface area contributed by atoms with E-state index in [1.807, 2.05) is 42.5 Å². The molecular weight excluding hydrogens is 236 g/mol. The van der Waals surface area contributed by atoms with Gasteiger partial charge in [0.1, 0.15) is 5.82 Å². The quantitative estimate of drug-likeness (QED) is 0.750. The van der Waals surface area contributed by atoms with Crippen LogP contribution in [0.15, 0.2) is 61.1 Å². The molecule has 4 nitrogen and oxygen atoms in total. The lowest BCUT2D eigenvalue weighted by Gasteiger charge is -2.08. The van der Waals surface area contributed by atoms with Gasteiger partial charge in [-0.05, 0) is 17.7 Å². The summed E-state index contributed by atoms with van der Waals surface area (Å²) in [5, 5.41) is 0. The number of pyridine rings is 1. The van der Waals surface area contributed by atoms with Crippen molar-refractivity contribution in [1.29, 1.82) is 0 Å². The zero-order valence-corrected chi connectivity index (χ0v) is 10.3. The van der Waals surface area contributed by atoms with Crippen LogP contribution < -0.4 is 5.73 Å². The van der Waals surface area contributed by atoms with E-state index in [0.29, 0.717) is 0 Å². The maximum atomic E-state index is 6.20. The maximum absolute atomic E-state index is 6.20. The summed E-state index contributed by atoms with van der Waals surface area (Å²) in [7, 11) is 0. The number of hydrogen-bond donors (Lipinski definition) is 2. The molecule has 2 heterocycles. The van der Waals surface area contributed by atoms with Crippen molar-refractivity contribution in [3.8, 4) is 11.3 Å². The van der Waals surface area contributed by atoms with Crippen LogP contribution in [-0.4, -0.2) is 15.0 Å². The number of nitrogens with zero attached hydrogens (tertiary/aromatic N) is 2. The predicted octanol–water partition coefficient (Wildman–Crippen LogP) is 2.52. The number of aromatic nitrogens is 3. The third kappa shape index (κ3) is 2.39. The zero-order valence-electron chi connectivity index (χ0n) is 10.3. The van der Waals surface area contributed by atoms with Crippen molar-refractivity contribution in [2.45, 2.75) is 6.04 Å². The first-order valence-corrected chi connectivity index (χ1v) is 6.10. The summed E-state index contributed by atoms with van der Waals surface area (Å²) in [6, 6.07) is 13.5. The van der Waals surface area contributed by atoms with E-state index in [-0.39, 0.29) is 6.04 Å². The molecule has 0 spiro atoms. The van der Waals surface area contributed by atoms with Gasteiger partial charge in [-0.2, -0.15) is 0 Å². The van der Waals surface area contributed by atoms with Gasteiger partial charge in [-0.1, -0.05) is 30.3 Å². The SMILES string of the molecule is NC(c1ccccc1)c1ncc(-c2cccnc2)[nH]1. The maximum Gasteiger partial charge on any atom is 0.128 e. The summed E-state index contributed by atoms with van der Waals surface area (Å²) < 4.78 is 0. The number of hydrogen-bond acceptors (Lipinski definition) is 3. The number of aromatic amines is 1. The van der Waals surface area contributed by atoms with Crippen LogP contribution in [-0.2, 0) is 0 Å². The summed E-state index contributed by atoms with van der Waals surface area (Å²) in [6.45, 7) is 0. The standard InChI is InChI=1S/C15H14N4/c16-14(11-5-2-1-3-6-11)15-18-10-13(19-15)12-7-4-8-17-9-12/h1-10,14H,16H2,(H,18,19). The van der Waals surface area contributed by atoms with Crippen molar-refractivity contribution < 1.29 is 0 Å². The van der Waals surface area contributed by atoms with Crippen molar-refractivity contribution in [3.05, 3.63) is 72.4 Å². The minimum Gasteiger partial charge on any atom is -0.340 e. The fourth-order valence-corrected chi connectivity index (χ4v) is 1.98. The van der Waals surface area contributed by atoms with Gasteiger partial charge in [-0.3, -0.25) is 4.98 Å². The van der Waals surface area contributed by atoms with Crippen molar-refractivity contribution >= 4 is 0 Å². The van der Waals surface area contributed by atoms with Crippen LogP contribution in [0.4, 0.5) is 0 Å². The monoisotopic (exact) mass is 250 g/mol. The molecular formula is C15H14N4. The second kappa shape index (κ2) is 5.04. The van der Waals surface area contributed by atoms with Gasteiger partial charge in [0.15, 0.2) is 0 Å². The number of nitrogens with two attached hydrogens (primary N) is 1. The molecule has 4 heteroatoms. The summed E-state index contributed by atoms with van der Waals surface area (Å²) in [5.74, 6) is 0.755. The molecule has 0 saturated carbocycles. The van der Waals surface area contributed by atoms with E-state index in [1.54, 1.807) is 18.6 Å². The van der Waals surface area contributed by atoms with Crippen molar-refractivity contribution in [1.82, 2.24) is 15.0 Å². The molecule has 0 saturated heterocycles. The average molecular weight is 250 g/mol. The van der Waals surface area contributed by atoms with Crippen LogP contribution in [0, 0.1) is 0 Å². The number of H-pyrrole nitrogens is 1. The number of rotatable bonds is 3. The van der Waals surface area contributed by atoms with E-state index >= 15 is 0 Å². The Hall–Kier alpha value is -2.46. The average Bonchev–Trinajstić information content (AvgIpc) is 2.98. The highest BCUT2D eigenvalue weighted by atomic mass is 15.0. The van der Waals surface area contributed by atoms with E-state index < -0.39 is 0 Å². The third-order valence-electron chi connectivity index (χ3n) is 3.02. The van der Waals surface area contributed by atoms with E-state index in [9.17, 15) is 0 Å². The summed E-state index contributed by atoms with van der Waals surface area (Å²) >= 11 is 0. The van der Waals surface area contributed by atoms with Gasteiger partial charge in [0, 0.05) is 18.0 Å². The topological polar surface area (TPSA) is 67.6 Å². The molecule has 0 aliphatic heterocycles. The largest absolute Gasteiger partial charge is 0.340 e. The van der Waals surface area contributed by atoms with Crippen molar-refractivity contribution in [3.63, 3.8) is 0 Å². The molecule has 3 N–H and O–H groups in total. The second-order valence-electron chi connectivity index (χ2n) is 4.31. The van der Waals surface area contributed by atoms with Crippen LogP contribution in [0.3, 0.4) is 0 Å². The molecule has 1 aromatic carbocycles. The van der Waals surface area contributed by atoms with Gasteiger partial charge >= 0.3 is 0 Å². The van der Waals surface area contributed by atoms with E-state index in [1.165, 1.54) is 0 Å². The molecule has 94 valence electrons. The van der Waals surface area contributed by atoms with Crippen LogP contribution in [0.5, 0.6) is 0 Å². The minimum absolute atomic E-state index is 0.244. The van der Waals surface area contributed by atoms with Gasteiger partial charge in [0.25, 0.3) is 0 Å². The molecule has 0 amide bonds. The Labute approximate surface area is 111 Å². The van der Waals surface area contributed by atoms with Gasteiger partial charge in [-0.15, -0.1) is 0 Å². The number of benzene rings is 1. The molecule has 0 radical (unpaired) electrons. The van der Waals surface area contributed by atoms with E-state index in [4.69, 9.17) is 5.73 Å². The molecule has 1 atom stereocenters. The first-order chi connectivity index (χ1) is 9.34. The zero-order chi connectivity index (χ0) is 13.1. The summed E-state index contributed by atoms with van der Waals surface area (Å²) in [5.41, 5.74) is 9.16. The lowest BCUT2D eigenvalue weighted by atomic mass is 10.1. The molecule has 0 aliphatic carbocycles. The highest BCUT2D eigenvalue weighted by molar-refractivity contribution is 5.56. The highest BCUT2D eigenvalue weighted by Crippen LogP contribution is 2.20. The molecule has 19 heavy (non-hydrogen) atoms. The Balaban J connectivity index is 1.90. The third-order valence-corrected chi connectivity index (χ3v) is 3.02. The smallest absolute Gasteiger partial charge is 0.128 e. The normalized spacial score (nSPS) is 12.3. The van der Waals surface area contributed by atoms with Gasteiger partial charge in [0.2, 0.25) is 0 Å². The van der Waals surface area contributed by atoms with Crippen LogP contribution in [0.25, 0.3) is 11.3 Å². The Morgan fingerprint density at radius 3 is 2.58 bits per heavy atom. The Bertz CT molecular complexity index is 646. The predicted molar refractivity (Wildman–Crippen MR) is 74.3 cm³/mol. The Kier molecular flexibility index (Phi) is 3.08. The van der Waals surface area contributed by atoms with E-state index in [2.05, 4.69) is 15.0 Å². The summed E-state index contributed by atoms with van der Waals surface area (Å²) in [4.78, 5) is 11.7. The molecule has 0 bridgehead atoms. The molecule has 0 fully saturated rings. The fraction of sp³-hybridized carbons (Fsp3) is 0.0667. The van der Waals surface area contributed by atoms with Crippen LogP contribution in [0.2, 0.25) is 0 Å². The first kappa shape index (κ1) is 11.6. The molecule has 1 unspecified atom stereocenters. The van der Waals surface area contributed by atoms with Crippen LogP contribution in [0.1, 0.15) is 17.4 Å². The van der Waals surface area contributed by atoms with Gasteiger partial charge in [0.05, 0.1) is 17.9 Å². The van der Waals surface area contributed by atoms with Crippen molar-refractivity contribution in [2.24, 2.45) is 5.73 Å². The fourth-order valence-electron chi connectivity index (χ4n) is 1.98. The lowest BCUT2D eigenvalue weighted by Crippen LogP contribution is -2.13. The van der Waals surface area contributed by atoms with Crippen molar-refractivity contribution in [2.75, 3.05) is 0 Å². The molecule has 2 aromatic heterocycles. The molecule has 3 aromatic rings. The Morgan fingerprint density at radius 2 is 1.84 bits per heavy atom. The van der Waals surface area contributed by atoms with Gasteiger partial charge in [-0.25, -0.2) is 4.98 Å². The molecule has 0 aliphatic rings. The first-order valence-electron chi connectivity index (χ1n) is 6.10. The Morgan fingerprint density at radius 1 is 1.00 bits per heavy atom. The second-order valence-corrected chi connectivity index (χ2v) is 4.31. The number of nitrogens with one attached hydrogen (secondary N) is 1. The summed E-state index contributed by atoms with van der Waals surface area (Å²) in [6.07, 6.45) is 5.33. The molecule has 3 rings (SSSR count). The van der Waals surface area contributed by atoms with E-state index in [0.717, 1.165) is 22.6 Å². The number of imidazole rings is 1. The van der Waals surface area contributed by atoms with Crippen LogP contribution >= 0.6 is 0 Å².